The Balaban J connectivity index is 1.58. The van der Waals surface area contributed by atoms with Crippen molar-refractivity contribution in [3.05, 3.63) is 23.8 Å². The second-order valence-corrected chi connectivity index (χ2v) is 5.59. The van der Waals surface area contributed by atoms with E-state index >= 15 is 0 Å². The highest BCUT2D eigenvalue weighted by Gasteiger charge is 2.18. The monoisotopic (exact) mass is 274 g/mol. The van der Waals surface area contributed by atoms with Crippen molar-refractivity contribution in [2.45, 2.75) is 44.6 Å². The number of aryl methyl sites for hydroxylation is 1. The number of amides is 1. The van der Waals surface area contributed by atoms with Crippen LogP contribution in [0.4, 0.5) is 11.4 Å². The van der Waals surface area contributed by atoms with Crippen molar-refractivity contribution in [1.82, 2.24) is 0 Å². The van der Waals surface area contributed by atoms with Gasteiger partial charge in [0.1, 0.15) is 0 Å². The standard InChI is InChI=1S/C16H22N2O2/c19-15(9-8-13-6-3-11-20-13)18-14-7-1-4-12-5-2-10-17-16(12)14/h1,4,7,13,17H,2-3,5-6,8-11H2,(H,18,19). The quantitative estimate of drug-likeness (QED) is 0.887. The summed E-state index contributed by atoms with van der Waals surface area (Å²) >= 11 is 0. The summed E-state index contributed by atoms with van der Waals surface area (Å²) in [5.41, 5.74) is 3.32. The summed E-state index contributed by atoms with van der Waals surface area (Å²) in [6.07, 6.45) is 6.11. The van der Waals surface area contributed by atoms with Crippen LogP contribution < -0.4 is 10.6 Å². The van der Waals surface area contributed by atoms with Gasteiger partial charge in [-0.15, -0.1) is 0 Å². The van der Waals surface area contributed by atoms with E-state index in [1.165, 1.54) is 5.56 Å². The van der Waals surface area contributed by atoms with Gasteiger partial charge in [-0.05, 0) is 43.7 Å². The van der Waals surface area contributed by atoms with Gasteiger partial charge in [-0.25, -0.2) is 0 Å². The van der Waals surface area contributed by atoms with Gasteiger partial charge in [0.25, 0.3) is 0 Å². The van der Waals surface area contributed by atoms with E-state index in [0.29, 0.717) is 6.42 Å². The van der Waals surface area contributed by atoms with Gasteiger partial charge in [0.2, 0.25) is 5.91 Å². The summed E-state index contributed by atoms with van der Waals surface area (Å²) < 4.78 is 5.55. The first-order valence-electron chi connectivity index (χ1n) is 7.60. The summed E-state index contributed by atoms with van der Waals surface area (Å²) in [6.45, 7) is 1.83. The molecule has 1 saturated heterocycles. The Kier molecular flexibility index (Phi) is 4.21. The predicted octanol–water partition coefficient (Wildman–Crippen LogP) is 2.94. The molecule has 1 fully saturated rings. The fourth-order valence-corrected chi connectivity index (χ4v) is 2.99. The minimum Gasteiger partial charge on any atom is -0.383 e. The number of anilines is 2. The molecular formula is C16H22N2O2. The lowest BCUT2D eigenvalue weighted by atomic mass is 10.0. The first kappa shape index (κ1) is 13.4. The lowest BCUT2D eigenvalue weighted by molar-refractivity contribution is -0.116. The fourth-order valence-electron chi connectivity index (χ4n) is 2.99. The van der Waals surface area contributed by atoms with Crippen LogP contribution in [-0.4, -0.2) is 25.2 Å². The van der Waals surface area contributed by atoms with Crippen molar-refractivity contribution in [3.8, 4) is 0 Å². The van der Waals surface area contributed by atoms with Crippen LogP contribution in [0.15, 0.2) is 18.2 Å². The van der Waals surface area contributed by atoms with Crippen LogP contribution in [0.2, 0.25) is 0 Å². The van der Waals surface area contributed by atoms with Gasteiger partial charge >= 0.3 is 0 Å². The Bertz CT molecular complexity index is 481. The summed E-state index contributed by atoms with van der Waals surface area (Å²) in [6, 6.07) is 6.12. The zero-order valence-electron chi connectivity index (χ0n) is 11.8. The van der Waals surface area contributed by atoms with Crippen molar-refractivity contribution in [1.29, 1.82) is 0 Å². The van der Waals surface area contributed by atoms with E-state index in [2.05, 4.69) is 16.7 Å². The molecule has 2 N–H and O–H groups in total. The maximum absolute atomic E-state index is 12.1. The molecule has 0 spiro atoms. The fraction of sp³-hybridized carbons (Fsp3) is 0.562. The smallest absolute Gasteiger partial charge is 0.224 e. The molecule has 108 valence electrons. The molecule has 0 bridgehead atoms. The average Bonchev–Trinajstić information content (AvgIpc) is 2.99. The maximum Gasteiger partial charge on any atom is 0.224 e. The highest BCUT2D eigenvalue weighted by Crippen LogP contribution is 2.30. The molecule has 1 unspecified atom stereocenters. The van der Waals surface area contributed by atoms with Crippen LogP contribution in [0.1, 0.15) is 37.7 Å². The Morgan fingerprint density at radius 1 is 1.40 bits per heavy atom. The summed E-state index contributed by atoms with van der Waals surface area (Å²) in [5, 5.41) is 6.43. The molecule has 0 saturated carbocycles. The number of ether oxygens (including phenoxy) is 1. The summed E-state index contributed by atoms with van der Waals surface area (Å²) in [5.74, 6) is 0.0845. The van der Waals surface area contributed by atoms with Crippen molar-refractivity contribution < 1.29 is 9.53 Å². The number of nitrogens with one attached hydrogen (secondary N) is 2. The minimum atomic E-state index is 0.0845. The lowest BCUT2D eigenvalue weighted by Gasteiger charge is -2.21. The van der Waals surface area contributed by atoms with Crippen molar-refractivity contribution in [3.63, 3.8) is 0 Å². The number of rotatable bonds is 4. The first-order chi connectivity index (χ1) is 9.83. The third-order valence-electron chi connectivity index (χ3n) is 4.07. The molecule has 2 aliphatic rings. The topological polar surface area (TPSA) is 50.4 Å². The van der Waals surface area contributed by atoms with Gasteiger partial charge in [0.15, 0.2) is 0 Å². The van der Waals surface area contributed by atoms with E-state index in [4.69, 9.17) is 4.74 Å². The van der Waals surface area contributed by atoms with Gasteiger partial charge in [0, 0.05) is 19.6 Å². The van der Waals surface area contributed by atoms with E-state index in [1.54, 1.807) is 0 Å². The predicted molar refractivity (Wildman–Crippen MR) is 80.1 cm³/mol. The summed E-state index contributed by atoms with van der Waals surface area (Å²) in [4.78, 5) is 12.1. The number of carbonyl (C=O) groups excluding carboxylic acids is 1. The number of carbonyl (C=O) groups is 1. The molecule has 20 heavy (non-hydrogen) atoms. The highest BCUT2D eigenvalue weighted by molar-refractivity contribution is 5.94. The van der Waals surface area contributed by atoms with Crippen LogP contribution in [0.5, 0.6) is 0 Å². The van der Waals surface area contributed by atoms with E-state index in [1.807, 2.05) is 12.1 Å². The zero-order chi connectivity index (χ0) is 13.8. The molecule has 2 heterocycles. The van der Waals surface area contributed by atoms with E-state index in [-0.39, 0.29) is 12.0 Å². The first-order valence-corrected chi connectivity index (χ1v) is 7.60. The van der Waals surface area contributed by atoms with Gasteiger partial charge in [-0.2, -0.15) is 0 Å². The van der Waals surface area contributed by atoms with Gasteiger partial charge in [0.05, 0.1) is 17.5 Å². The molecule has 2 aliphatic heterocycles. The molecule has 1 aromatic carbocycles. The molecule has 4 nitrogen and oxygen atoms in total. The highest BCUT2D eigenvalue weighted by atomic mass is 16.5. The van der Waals surface area contributed by atoms with Crippen LogP contribution >= 0.6 is 0 Å². The van der Waals surface area contributed by atoms with Gasteiger partial charge in [-0.1, -0.05) is 12.1 Å². The van der Waals surface area contributed by atoms with Crippen molar-refractivity contribution in [2.75, 3.05) is 23.8 Å². The third kappa shape index (κ3) is 3.12. The van der Waals surface area contributed by atoms with Crippen LogP contribution in [0, 0.1) is 0 Å². The minimum absolute atomic E-state index is 0.0845. The molecule has 0 radical (unpaired) electrons. The number of para-hydroxylation sites is 1. The third-order valence-corrected chi connectivity index (χ3v) is 4.07. The Hall–Kier alpha value is -1.55. The average molecular weight is 274 g/mol. The van der Waals surface area contributed by atoms with E-state index in [0.717, 1.165) is 56.6 Å². The maximum atomic E-state index is 12.1. The molecule has 1 atom stereocenters. The molecule has 1 aromatic rings. The Morgan fingerprint density at radius 3 is 3.20 bits per heavy atom. The Morgan fingerprint density at radius 2 is 2.35 bits per heavy atom. The van der Waals surface area contributed by atoms with E-state index in [9.17, 15) is 4.79 Å². The van der Waals surface area contributed by atoms with Crippen LogP contribution in [-0.2, 0) is 16.0 Å². The van der Waals surface area contributed by atoms with Crippen LogP contribution in [0.3, 0.4) is 0 Å². The number of fused-ring (bicyclic) bond motifs is 1. The largest absolute Gasteiger partial charge is 0.383 e. The molecule has 4 heteroatoms. The molecule has 0 aromatic heterocycles. The van der Waals surface area contributed by atoms with Gasteiger partial charge < -0.3 is 15.4 Å². The SMILES string of the molecule is O=C(CCC1CCCO1)Nc1cccc2c1NCCC2. The summed E-state index contributed by atoms with van der Waals surface area (Å²) in [7, 11) is 0. The number of hydrogen-bond acceptors (Lipinski definition) is 3. The second-order valence-electron chi connectivity index (χ2n) is 5.59. The molecule has 1 amide bonds. The van der Waals surface area contributed by atoms with Crippen molar-refractivity contribution >= 4 is 17.3 Å². The lowest BCUT2D eigenvalue weighted by Crippen LogP contribution is -2.18. The second kappa shape index (κ2) is 6.27. The Labute approximate surface area is 119 Å². The molecule has 3 rings (SSSR count). The van der Waals surface area contributed by atoms with Gasteiger partial charge in [-0.3, -0.25) is 4.79 Å². The number of benzene rings is 1. The van der Waals surface area contributed by atoms with E-state index < -0.39 is 0 Å². The molecular weight excluding hydrogens is 252 g/mol. The molecule has 0 aliphatic carbocycles. The zero-order valence-corrected chi connectivity index (χ0v) is 11.8. The van der Waals surface area contributed by atoms with Crippen molar-refractivity contribution in [2.24, 2.45) is 0 Å². The normalized spacial score (nSPS) is 21.1. The van der Waals surface area contributed by atoms with Crippen LogP contribution in [0.25, 0.3) is 0 Å². The number of hydrogen-bond donors (Lipinski definition) is 2.